The molecule has 10 nitrogen and oxygen atoms in total. The van der Waals surface area contributed by atoms with Crippen LogP contribution in [0.5, 0.6) is 5.75 Å². The number of tetrazole rings is 1. The summed E-state index contributed by atoms with van der Waals surface area (Å²) >= 11 is 0. The van der Waals surface area contributed by atoms with E-state index in [2.05, 4.69) is 20.4 Å². The summed E-state index contributed by atoms with van der Waals surface area (Å²) in [6.45, 7) is 3.61. The second-order valence-electron chi connectivity index (χ2n) is 7.23. The van der Waals surface area contributed by atoms with E-state index < -0.39 is 0 Å². The molecule has 1 amide bonds. The lowest BCUT2D eigenvalue weighted by Crippen LogP contribution is -2.50. The van der Waals surface area contributed by atoms with E-state index in [1.807, 2.05) is 29.2 Å². The molecule has 3 heterocycles. The highest BCUT2D eigenvalue weighted by Gasteiger charge is 2.32. The Bertz CT molecular complexity index is 971. The van der Waals surface area contributed by atoms with Crippen molar-refractivity contribution in [3.63, 3.8) is 0 Å². The zero-order valence-corrected chi connectivity index (χ0v) is 18.9. The number of hydrogen-bond donors (Lipinski definition) is 0. The molecular formula is C21H27ClN6O4. The van der Waals surface area contributed by atoms with Gasteiger partial charge in [-0.2, -0.15) is 0 Å². The first-order valence-electron chi connectivity index (χ1n) is 10.2. The molecule has 32 heavy (non-hydrogen) atoms. The Balaban J connectivity index is 0.00000289. The maximum atomic E-state index is 12.6. The molecule has 1 aliphatic rings. The molecule has 1 unspecified atom stereocenters. The summed E-state index contributed by atoms with van der Waals surface area (Å²) in [4.78, 5) is 16.7. The average Bonchev–Trinajstić information content (AvgIpc) is 3.51. The summed E-state index contributed by atoms with van der Waals surface area (Å²) in [6.07, 6.45) is 1.52. The number of ether oxygens (including phenoxy) is 2. The largest absolute Gasteiger partial charge is 0.497 e. The van der Waals surface area contributed by atoms with Crippen LogP contribution >= 0.6 is 12.4 Å². The van der Waals surface area contributed by atoms with Crippen molar-refractivity contribution >= 4 is 18.3 Å². The lowest BCUT2D eigenvalue weighted by Gasteiger charge is -2.38. The topological polar surface area (TPSA) is 98.7 Å². The molecule has 1 aromatic carbocycles. The molecule has 0 saturated carbocycles. The van der Waals surface area contributed by atoms with Gasteiger partial charge in [0.05, 0.1) is 32.6 Å². The monoisotopic (exact) mass is 462 g/mol. The second kappa shape index (κ2) is 11.1. The zero-order valence-electron chi connectivity index (χ0n) is 18.1. The Morgan fingerprint density at radius 1 is 1.12 bits per heavy atom. The minimum atomic E-state index is -0.154. The minimum absolute atomic E-state index is 0. The van der Waals surface area contributed by atoms with E-state index >= 15 is 0 Å². The van der Waals surface area contributed by atoms with E-state index in [9.17, 15) is 4.79 Å². The Kier molecular flexibility index (Phi) is 8.20. The van der Waals surface area contributed by atoms with E-state index in [0.717, 1.165) is 17.1 Å². The number of piperazine rings is 1. The van der Waals surface area contributed by atoms with Crippen LogP contribution < -0.4 is 4.74 Å². The molecule has 0 bridgehead atoms. The molecule has 0 spiro atoms. The number of aromatic nitrogens is 4. The SMILES string of the molecule is COCCn1nnnc1C(c1ccc(OC)cc1)N1CCN(C(=O)c2ccco2)CC1.Cl. The fraction of sp³-hybridized carbons (Fsp3) is 0.429. The quantitative estimate of drug-likeness (QED) is 0.500. The number of carbonyl (C=O) groups excluding carboxylic acids is 1. The summed E-state index contributed by atoms with van der Waals surface area (Å²) in [6, 6.07) is 11.2. The van der Waals surface area contributed by atoms with Crippen LogP contribution in [0.15, 0.2) is 47.1 Å². The summed E-state index contributed by atoms with van der Waals surface area (Å²) in [5, 5.41) is 12.4. The molecular weight excluding hydrogens is 436 g/mol. The Morgan fingerprint density at radius 3 is 2.50 bits per heavy atom. The molecule has 172 valence electrons. The Morgan fingerprint density at radius 2 is 1.88 bits per heavy atom. The smallest absolute Gasteiger partial charge is 0.289 e. The molecule has 2 aromatic heterocycles. The van der Waals surface area contributed by atoms with Gasteiger partial charge >= 0.3 is 0 Å². The maximum absolute atomic E-state index is 12.6. The van der Waals surface area contributed by atoms with Gasteiger partial charge in [-0.05, 0) is 40.3 Å². The predicted molar refractivity (Wildman–Crippen MR) is 118 cm³/mol. The second-order valence-corrected chi connectivity index (χ2v) is 7.23. The molecule has 1 aliphatic heterocycles. The number of nitrogens with zero attached hydrogens (tertiary/aromatic N) is 6. The minimum Gasteiger partial charge on any atom is -0.497 e. The fourth-order valence-corrected chi connectivity index (χ4v) is 3.79. The highest BCUT2D eigenvalue weighted by molar-refractivity contribution is 5.91. The highest BCUT2D eigenvalue weighted by atomic mass is 35.5. The van der Waals surface area contributed by atoms with Crippen LogP contribution in [0.4, 0.5) is 0 Å². The standard InChI is InChI=1S/C21H26N6O4.ClH/c1-29-15-13-27-20(22-23-24-27)19(16-5-7-17(30-2)8-6-16)25-9-11-26(12-10-25)21(28)18-4-3-14-31-18;/h3-8,14,19H,9-13,15H2,1-2H3;1H. The summed E-state index contributed by atoms with van der Waals surface area (Å²) in [5.74, 6) is 1.81. The van der Waals surface area contributed by atoms with Crippen molar-refractivity contribution in [2.45, 2.75) is 12.6 Å². The van der Waals surface area contributed by atoms with Gasteiger partial charge in [-0.15, -0.1) is 17.5 Å². The number of halogens is 1. The lowest BCUT2D eigenvalue weighted by molar-refractivity contribution is 0.0557. The van der Waals surface area contributed by atoms with Gasteiger partial charge in [-0.3, -0.25) is 9.69 Å². The molecule has 11 heteroatoms. The normalized spacial score (nSPS) is 15.2. The van der Waals surface area contributed by atoms with Crippen LogP contribution in [-0.2, 0) is 11.3 Å². The van der Waals surface area contributed by atoms with E-state index in [0.29, 0.717) is 45.1 Å². The molecule has 0 radical (unpaired) electrons. The molecule has 4 rings (SSSR count). The van der Waals surface area contributed by atoms with Crippen molar-refractivity contribution < 1.29 is 18.7 Å². The van der Waals surface area contributed by atoms with Crippen molar-refractivity contribution in [1.29, 1.82) is 0 Å². The van der Waals surface area contributed by atoms with E-state index in [-0.39, 0.29) is 24.4 Å². The third kappa shape index (κ3) is 5.09. The summed E-state index contributed by atoms with van der Waals surface area (Å²) in [5.41, 5.74) is 1.06. The molecule has 3 aromatic rings. The van der Waals surface area contributed by atoms with E-state index in [4.69, 9.17) is 13.9 Å². The van der Waals surface area contributed by atoms with Gasteiger partial charge in [-0.1, -0.05) is 12.1 Å². The van der Waals surface area contributed by atoms with E-state index in [1.165, 1.54) is 6.26 Å². The Labute approximate surface area is 192 Å². The van der Waals surface area contributed by atoms with Gasteiger partial charge in [0.25, 0.3) is 5.91 Å². The average molecular weight is 463 g/mol. The number of rotatable bonds is 8. The van der Waals surface area contributed by atoms with Gasteiger partial charge in [0.2, 0.25) is 0 Å². The number of furan rings is 1. The number of hydrogen-bond acceptors (Lipinski definition) is 8. The van der Waals surface area contributed by atoms with Crippen LogP contribution in [0.3, 0.4) is 0 Å². The van der Waals surface area contributed by atoms with Crippen LogP contribution in [0, 0.1) is 0 Å². The van der Waals surface area contributed by atoms with Crippen LogP contribution in [0.2, 0.25) is 0 Å². The first kappa shape index (κ1) is 23.7. The zero-order chi connectivity index (χ0) is 21.6. The summed E-state index contributed by atoms with van der Waals surface area (Å²) in [7, 11) is 3.30. The van der Waals surface area contributed by atoms with Crippen molar-refractivity contribution in [3.8, 4) is 5.75 Å². The van der Waals surface area contributed by atoms with Gasteiger partial charge in [0, 0.05) is 33.3 Å². The molecule has 1 atom stereocenters. The third-order valence-corrected chi connectivity index (χ3v) is 5.44. The van der Waals surface area contributed by atoms with Gasteiger partial charge < -0.3 is 18.8 Å². The molecule has 0 aliphatic carbocycles. The van der Waals surface area contributed by atoms with Crippen molar-refractivity contribution in [1.82, 2.24) is 30.0 Å². The molecule has 0 N–H and O–H groups in total. The molecule has 1 saturated heterocycles. The van der Waals surface area contributed by atoms with Crippen LogP contribution in [0.1, 0.15) is 28.0 Å². The first-order chi connectivity index (χ1) is 15.2. The Hall–Kier alpha value is -2.95. The fourth-order valence-electron chi connectivity index (χ4n) is 3.79. The highest BCUT2D eigenvalue weighted by Crippen LogP contribution is 2.29. The molecule has 1 fully saturated rings. The van der Waals surface area contributed by atoms with Crippen molar-refractivity contribution in [2.75, 3.05) is 47.0 Å². The van der Waals surface area contributed by atoms with Gasteiger partial charge in [-0.25, -0.2) is 4.68 Å². The first-order valence-corrected chi connectivity index (χ1v) is 10.2. The summed E-state index contributed by atoms with van der Waals surface area (Å²) < 4.78 is 17.6. The maximum Gasteiger partial charge on any atom is 0.289 e. The van der Waals surface area contributed by atoms with E-state index in [1.54, 1.807) is 31.0 Å². The van der Waals surface area contributed by atoms with Gasteiger partial charge in [0.1, 0.15) is 5.75 Å². The number of amides is 1. The number of benzene rings is 1. The lowest BCUT2D eigenvalue weighted by atomic mass is 10.0. The van der Waals surface area contributed by atoms with Gasteiger partial charge in [0.15, 0.2) is 11.6 Å². The van der Waals surface area contributed by atoms with Crippen LogP contribution in [0.25, 0.3) is 0 Å². The number of methoxy groups -OCH3 is 2. The van der Waals surface area contributed by atoms with Crippen LogP contribution in [-0.4, -0.2) is 82.9 Å². The predicted octanol–water partition coefficient (Wildman–Crippen LogP) is 1.89. The van der Waals surface area contributed by atoms with Crippen molar-refractivity contribution in [3.05, 3.63) is 59.8 Å². The third-order valence-electron chi connectivity index (χ3n) is 5.44. The number of carbonyl (C=O) groups is 1. The van der Waals surface area contributed by atoms with Crippen molar-refractivity contribution in [2.24, 2.45) is 0 Å².